The Kier molecular flexibility index (Phi) is 7.82. The lowest BCUT2D eigenvalue weighted by atomic mass is 10.2. The number of carbonyl (C=O) groups excluding carboxylic acids is 1. The zero-order chi connectivity index (χ0) is 18.8. The van der Waals surface area contributed by atoms with Gasteiger partial charge in [0.2, 0.25) is 0 Å². The van der Waals surface area contributed by atoms with Gasteiger partial charge in [-0.25, -0.2) is 0 Å². The van der Waals surface area contributed by atoms with Gasteiger partial charge < -0.3 is 19.6 Å². The van der Waals surface area contributed by atoms with Crippen molar-refractivity contribution in [3.05, 3.63) is 48.0 Å². The summed E-state index contributed by atoms with van der Waals surface area (Å²) >= 11 is 1.64. The Morgan fingerprint density at radius 1 is 1.19 bits per heavy atom. The van der Waals surface area contributed by atoms with E-state index in [1.165, 1.54) is 6.21 Å². The number of nitrogens with one attached hydrogen (secondary N) is 1. The molecule has 0 heterocycles. The number of hydrogen-bond acceptors (Lipinski definition) is 6. The smallest absolute Gasteiger partial charge is 0.265 e. The van der Waals surface area contributed by atoms with Crippen LogP contribution >= 0.6 is 11.8 Å². The maximum atomic E-state index is 11.8. The number of amides is 1. The molecule has 0 saturated heterocycles. The topological polar surface area (TPSA) is 69.2 Å². The second-order valence-electron chi connectivity index (χ2n) is 5.13. The third-order valence-corrected chi connectivity index (χ3v) is 4.08. The number of nitrogens with zero attached hydrogens (tertiary/aromatic N) is 1. The van der Waals surface area contributed by atoms with Gasteiger partial charge in [-0.15, -0.1) is 11.8 Å². The molecule has 0 aliphatic rings. The van der Waals surface area contributed by atoms with Crippen LogP contribution in [0.1, 0.15) is 12.5 Å². The van der Waals surface area contributed by atoms with Crippen LogP contribution in [0.5, 0.6) is 11.5 Å². The van der Waals surface area contributed by atoms with Crippen molar-refractivity contribution in [3.8, 4) is 11.5 Å². The van der Waals surface area contributed by atoms with Gasteiger partial charge in [-0.2, -0.15) is 0 Å². The van der Waals surface area contributed by atoms with E-state index >= 15 is 0 Å². The highest BCUT2D eigenvalue weighted by molar-refractivity contribution is 7.98. The Morgan fingerprint density at radius 2 is 1.96 bits per heavy atom. The van der Waals surface area contributed by atoms with Gasteiger partial charge in [-0.3, -0.25) is 4.79 Å². The molecule has 0 spiro atoms. The van der Waals surface area contributed by atoms with Crippen molar-refractivity contribution < 1.29 is 19.1 Å². The molecule has 2 rings (SSSR count). The second kappa shape index (κ2) is 10.4. The summed E-state index contributed by atoms with van der Waals surface area (Å²) in [5, 5.41) is 6.56. The van der Waals surface area contributed by atoms with E-state index in [-0.39, 0.29) is 12.5 Å². The van der Waals surface area contributed by atoms with E-state index in [1.807, 2.05) is 43.5 Å². The number of ether oxygens (including phenoxy) is 2. The Balaban J connectivity index is 1.83. The predicted molar refractivity (Wildman–Crippen MR) is 105 cm³/mol. The Hall–Kier alpha value is -2.67. The number of methoxy groups -OCH3 is 1. The minimum Gasteiger partial charge on any atom is -0.493 e. The summed E-state index contributed by atoms with van der Waals surface area (Å²) in [6.07, 6.45) is 3.51. The molecule has 1 amide bonds. The van der Waals surface area contributed by atoms with Crippen LogP contribution in [-0.4, -0.2) is 38.7 Å². The molecule has 0 radical (unpaired) electrons. The Bertz CT molecular complexity index is 748. The van der Waals surface area contributed by atoms with Crippen LogP contribution in [0.15, 0.2) is 52.5 Å². The lowest BCUT2D eigenvalue weighted by Gasteiger charge is -2.09. The van der Waals surface area contributed by atoms with Gasteiger partial charge in [0.1, 0.15) is 0 Å². The van der Waals surface area contributed by atoms with E-state index in [1.54, 1.807) is 31.0 Å². The molecule has 0 atom stereocenters. The van der Waals surface area contributed by atoms with E-state index in [2.05, 4.69) is 10.5 Å². The maximum Gasteiger partial charge on any atom is 0.265 e. The first kappa shape index (κ1) is 19.7. The third-order valence-electron chi connectivity index (χ3n) is 3.33. The van der Waals surface area contributed by atoms with Crippen molar-refractivity contribution in [3.63, 3.8) is 0 Å². The minimum absolute atomic E-state index is 0.172. The zero-order valence-electron chi connectivity index (χ0n) is 15.0. The van der Waals surface area contributed by atoms with Crippen molar-refractivity contribution in [2.45, 2.75) is 11.8 Å². The van der Waals surface area contributed by atoms with Crippen LogP contribution in [0, 0.1) is 0 Å². The van der Waals surface area contributed by atoms with Gasteiger partial charge in [-0.05, 0) is 55.6 Å². The fourth-order valence-corrected chi connectivity index (χ4v) is 2.51. The predicted octanol–water partition coefficient (Wildman–Crippen LogP) is 3.81. The molecule has 0 unspecified atom stereocenters. The molecular formula is C19H22N2O4S. The summed E-state index contributed by atoms with van der Waals surface area (Å²) in [7, 11) is 1.57. The standard InChI is InChI=1S/C19H22N2O4S/c1-4-24-17-10-5-14(11-18(17)23-2)12-20-25-13-19(22)21-15-6-8-16(26-3)9-7-15/h5-12H,4,13H2,1-3H3,(H,21,22)/b20-12+. The molecule has 0 saturated carbocycles. The van der Waals surface area contributed by atoms with Gasteiger partial charge in [0.15, 0.2) is 18.1 Å². The Labute approximate surface area is 157 Å². The van der Waals surface area contributed by atoms with Crippen LogP contribution in [0.25, 0.3) is 0 Å². The molecule has 138 valence electrons. The molecule has 26 heavy (non-hydrogen) atoms. The van der Waals surface area contributed by atoms with Gasteiger partial charge in [0.05, 0.1) is 19.9 Å². The molecule has 0 bridgehead atoms. The summed E-state index contributed by atoms with van der Waals surface area (Å²) in [5.74, 6) is 1.01. The highest BCUT2D eigenvalue weighted by Crippen LogP contribution is 2.27. The van der Waals surface area contributed by atoms with Crippen molar-refractivity contribution >= 4 is 29.6 Å². The highest BCUT2D eigenvalue weighted by atomic mass is 32.2. The van der Waals surface area contributed by atoms with E-state index in [0.717, 1.165) is 16.1 Å². The zero-order valence-corrected chi connectivity index (χ0v) is 15.8. The van der Waals surface area contributed by atoms with Crippen LogP contribution in [0.2, 0.25) is 0 Å². The molecule has 2 aromatic rings. The lowest BCUT2D eigenvalue weighted by molar-refractivity contribution is -0.120. The molecule has 7 heteroatoms. The summed E-state index contributed by atoms with van der Waals surface area (Å²) in [4.78, 5) is 18.0. The first-order valence-corrected chi connectivity index (χ1v) is 9.28. The SMILES string of the molecule is CCOc1ccc(/C=N/OCC(=O)Nc2ccc(SC)cc2)cc1OC. The number of carbonyl (C=O) groups is 1. The number of hydrogen-bond donors (Lipinski definition) is 1. The molecule has 1 N–H and O–H groups in total. The fourth-order valence-electron chi connectivity index (χ4n) is 2.10. The van der Waals surface area contributed by atoms with Crippen LogP contribution < -0.4 is 14.8 Å². The van der Waals surface area contributed by atoms with E-state index in [0.29, 0.717) is 18.1 Å². The van der Waals surface area contributed by atoms with Crippen molar-refractivity contribution in [2.24, 2.45) is 5.16 Å². The first-order valence-electron chi connectivity index (χ1n) is 8.06. The molecule has 2 aromatic carbocycles. The average molecular weight is 374 g/mol. The van der Waals surface area contributed by atoms with Crippen LogP contribution in [0.4, 0.5) is 5.69 Å². The minimum atomic E-state index is -0.275. The van der Waals surface area contributed by atoms with Crippen molar-refractivity contribution in [2.75, 3.05) is 31.9 Å². The van der Waals surface area contributed by atoms with E-state index in [9.17, 15) is 4.79 Å². The average Bonchev–Trinajstić information content (AvgIpc) is 2.67. The summed E-state index contributed by atoms with van der Waals surface area (Å²) < 4.78 is 10.7. The fraction of sp³-hybridized carbons (Fsp3) is 0.263. The largest absolute Gasteiger partial charge is 0.493 e. The van der Waals surface area contributed by atoms with Gasteiger partial charge >= 0.3 is 0 Å². The number of anilines is 1. The number of rotatable bonds is 9. The monoisotopic (exact) mass is 374 g/mol. The molecule has 0 fully saturated rings. The molecule has 0 aromatic heterocycles. The number of benzene rings is 2. The van der Waals surface area contributed by atoms with Crippen LogP contribution in [0.3, 0.4) is 0 Å². The summed E-state index contributed by atoms with van der Waals surface area (Å²) in [5.41, 5.74) is 1.50. The molecule has 0 aliphatic heterocycles. The van der Waals surface area contributed by atoms with Crippen molar-refractivity contribution in [1.82, 2.24) is 0 Å². The van der Waals surface area contributed by atoms with Gasteiger partial charge in [0, 0.05) is 16.1 Å². The summed E-state index contributed by atoms with van der Waals surface area (Å²) in [6.45, 7) is 2.29. The second-order valence-corrected chi connectivity index (χ2v) is 6.01. The number of oxime groups is 1. The van der Waals surface area contributed by atoms with Crippen LogP contribution in [-0.2, 0) is 9.63 Å². The quantitative estimate of drug-likeness (QED) is 0.411. The molecule has 0 aliphatic carbocycles. The maximum absolute atomic E-state index is 11.8. The number of thioether (sulfide) groups is 1. The van der Waals surface area contributed by atoms with E-state index < -0.39 is 0 Å². The first-order chi connectivity index (χ1) is 12.7. The van der Waals surface area contributed by atoms with E-state index in [4.69, 9.17) is 14.3 Å². The van der Waals surface area contributed by atoms with Crippen molar-refractivity contribution in [1.29, 1.82) is 0 Å². The summed E-state index contributed by atoms with van der Waals surface area (Å²) in [6, 6.07) is 13.0. The molecular weight excluding hydrogens is 352 g/mol. The molecule has 6 nitrogen and oxygen atoms in total. The van der Waals surface area contributed by atoms with Gasteiger partial charge in [0.25, 0.3) is 5.91 Å². The highest BCUT2D eigenvalue weighted by Gasteiger charge is 2.05. The normalized spacial score (nSPS) is 10.6. The third kappa shape index (κ3) is 6.00. The van der Waals surface area contributed by atoms with Gasteiger partial charge in [-0.1, -0.05) is 5.16 Å². The Morgan fingerprint density at radius 3 is 2.62 bits per heavy atom. The lowest BCUT2D eigenvalue weighted by Crippen LogP contribution is -2.16.